The molecule has 0 saturated carbocycles. The summed E-state index contributed by atoms with van der Waals surface area (Å²) in [4.78, 5) is 14.9. The van der Waals surface area contributed by atoms with Gasteiger partial charge in [0.25, 0.3) is 0 Å². The first-order chi connectivity index (χ1) is 11.3. The molecule has 2 fully saturated rings. The Morgan fingerprint density at radius 2 is 2.17 bits per heavy atom. The number of nitrogens with one attached hydrogen (secondary N) is 1. The predicted molar refractivity (Wildman–Crippen MR) is 88.2 cm³/mol. The number of rotatable bonds is 6. The predicted octanol–water partition coefficient (Wildman–Crippen LogP) is 2.22. The van der Waals surface area contributed by atoms with Crippen LogP contribution in [-0.4, -0.2) is 49.7 Å². The van der Waals surface area contributed by atoms with Crippen molar-refractivity contribution in [2.45, 2.75) is 44.6 Å². The van der Waals surface area contributed by atoms with Crippen molar-refractivity contribution in [3.8, 4) is 0 Å². The summed E-state index contributed by atoms with van der Waals surface area (Å²) >= 11 is 0. The molecule has 0 aliphatic carbocycles. The van der Waals surface area contributed by atoms with Crippen LogP contribution in [0.3, 0.4) is 0 Å². The zero-order valence-electron chi connectivity index (χ0n) is 13.8. The van der Waals surface area contributed by atoms with Gasteiger partial charge in [0.1, 0.15) is 5.76 Å². The second kappa shape index (κ2) is 8.50. The van der Waals surface area contributed by atoms with Gasteiger partial charge in [-0.05, 0) is 50.8 Å². The van der Waals surface area contributed by atoms with E-state index >= 15 is 0 Å². The molecule has 1 aromatic rings. The van der Waals surface area contributed by atoms with Crippen LogP contribution in [0.15, 0.2) is 22.8 Å². The summed E-state index contributed by atoms with van der Waals surface area (Å²) in [5.74, 6) is 1.36. The minimum atomic E-state index is 0.148. The number of hydrogen-bond donors (Lipinski definition) is 1. The van der Waals surface area contributed by atoms with E-state index in [9.17, 15) is 4.79 Å². The molecule has 0 radical (unpaired) electrons. The van der Waals surface area contributed by atoms with Crippen LogP contribution in [0.4, 0.5) is 0 Å². The Labute approximate surface area is 138 Å². The van der Waals surface area contributed by atoms with Crippen LogP contribution in [0.25, 0.3) is 0 Å². The minimum absolute atomic E-state index is 0.148. The molecule has 1 amide bonds. The van der Waals surface area contributed by atoms with Crippen molar-refractivity contribution < 1.29 is 13.9 Å². The summed E-state index contributed by atoms with van der Waals surface area (Å²) in [6.45, 7) is 4.50. The highest BCUT2D eigenvalue weighted by Gasteiger charge is 2.30. The maximum atomic E-state index is 12.4. The topological polar surface area (TPSA) is 54.7 Å². The second-order valence-corrected chi connectivity index (χ2v) is 6.65. The summed E-state index contributed by atoms with van der Waals surface area (Å²) in [5.41, 5.74) is 0. The number of hydrogen-bond acceptors (Lipinski definition) is 4. The third-order valence-electron chi connectivity index (χ3n) is 5.01. The van der Waals surface area contributed by atoms with Crippen molar-refractivity contribution in [2.24, 2.45) is 5.92 Å². The lowest BCUT2D eigenvalue weighted by Gasteiger charge is -2.39. The summed E-state index contributed by atoms with van der Waals surface area (Å²) in [5, 5.41) is 3.11. The average molecular weight is 320 g/mol. The van der Waals surface area contributed by atoms with Gasteiger partial charge in [0.05, 0.1) is 12.2 Å². The Balaban J connectivity index is 1.38. The fourth-order valence-corrected chi connectivity index (χ4v) is 3.68. The number of furan rings is 1. The molecule has 1 unspecified atom stereocenters. The first-order valence-corrected chi connectivity index (χ1v) is 8.95. The molecule has 128 valence electrons. The van der Waals surface area contributed by atoms with Crippen molar-refractivity contribution >= 4 is 5.91 Å². The fourth-order valence-electron chi connectivity index (χ4n) is 3.68. The maximum absolute atomic E-state index is 12.4. The van der Waals surface area contributed by atoms with E-state index in [1.165, 1.54) is 0 Å². The van der Waals surface area contributed by atoms with Gasteiger partial charge in [0.15, 0.2) is 0 Å². The summed E-state index contributed by atoms with van der Waals surface area (Å²) < 4.78 is 10.8. The molecule has 0 bridgehead atoms. The first-order valence-electron chi connectivity index (χ1n) is 8.95. The van der Waals surface area contributed by atoms with Gasteiger partial charge in [-0.3, -0.25) is 9.69 Å². The number of piperidine rings is 1. The molecule has 0 aromatic carbocycles. The molecule has 23 heavy (non-hydrogen) atoms. The van der Waals surface area contributed by atoms with Gasteiger partial charge in [0, 0.05) is 38.8 Å². The maximum Gasteiger partial charge on any atom is 0.224 e. The fraction of sp³-hybridized carbons (Fsp3) is 0.722. The quantitative estimate of drug-likeness (QED) is 0.817. The highest BCUT2D eigenvalue weighted by Crippen LogP contribution is 2.23. The van der Waals surface area contributed by atoms with E-state index in [4.69, 9.17) is 9.15 Å². The average Bonchev–Trinajstić information content (AvgIpc) is 3.13. The SMILES string of the molecule is O=C(NCCCc1ccco1)C1CCCN(C2CCOCC2)C1. The van der Waals surface area contributed by atoms with Gasteiger partial charge in [0.2, 0.25) is 5.91 Å². The zero-order valence-corrected chi connectivity index (χ0v) is 13.8. The van der Waals surface area contributed by atoms with Gasteiger partial charge in [-0.1, -0.05) is 0 Å². The molecule has 2 saturated heterocycles. The van der Waals surface area contributed by atoms with Gasteiger partial charge in [-0.25, -0.2) is 0 Å². The Hall–Kier alpha value is -1.33. The van der Waals surface area contributed by atoms with Gasteiger partial charge >= 0.3 is 0 Å². The lowest BCUT2D eigenvalue weighted by Crippen LogP contribution is -2.48. The number of amides is 1. The van der Waals surface area contributed by atoms with Crippen molar-refractivity contribution in [3.63, 3.8) is 0 Å². The molecule has 0 spiro atoms. The van der Waals surface area contributed by atoms with Crippen LogP contribution in [0.2, 0.25) is 0 Å². The van der Waals surface area contributed by atoms with E-state index in [2.05, 4.69) is 10.2 Å². The van der Waals surface area contributed by atoms with Crippen molar-refractivity contribution in [3.05, 3.63) is 24.2 Å². The van der Waals surface area contributed by atoms with Crippen LogP contribution in [0, 0.1) is 5.92 Å². The van der Waals surface area contributed by atoms with E-state index in [0.717, 1.165) is 77.1 Å². The number of carbonyl (C=O) groups is 1. The van der Waals surface area contributed by atoms with Crippen LogP contribution in [0.5, 0.6) is 0 Å². The largest absolute Gasteiger partial charge is 0.469 e. The van der Waals surface area contributed by atoms with E-state index < -0.39 is 0 Å². The highest BCUT2D eigenvalue weighted by molar-refractivity contribution is 5.78. The van der Waals surface area contributed by atoms with Gasteiger partial charge in [-0.15, -0.1) is 0 Å². The number of aryl methyl sites for hydroxylation is 1. The third kappa shape index (κ3) is 4.82. The summed E-state index contributed by atoms with van der Waals surface area (Å²) in [6.07, 6.45) is 7.86. The number of likely N-dealkylation sites (tertiary alicyclic amines) is 1. The molecular weight excluding hydrogens is 292 g/mol. The lowest BCUT2D eigenvalue weighted by atomic mass is 9.94. The van der Waals surface area contributed by atoms with Crippen LogP contribution < -0.4 is 5.32 Å². The van der Waals surface area contributed by atoms with E-state index in [-0.39, 0.29) is 11.8 Å². The van der Waals surface area contributed by atoms with Crippen LogP contribution in [0.1, 0.15) is 37.9 Å². The van der Waals surface area contributed by atoms with Crippen LogP contribution in [-0.2, 0) is 16.0 Å². The normalized spacial score (nSPS) is 23.7. The zero-order chi connectivity index (χ0) is 15.9. The number of nitrogens with zero attached hydrogens (tertiary/aromatic N) is 1. The van der Waals surface area contributed by atoms with E-state index in [1.54, 1.807) is 6.26 Å². The standard InChI is InChI=1S/C18H28N2O3/c21-18(19-9-1-5-17-6-3-11-23-17)15-4-2-10-20(14-15)16-7-12-22-13-8-16/h3,6,11,15-16H,1-2,4-5,7-10,12-14H2,(H,19,21). The molecule has 1 N–H and O–H groups in total. The third-order valence-corrected chi connectivity index (χ3v) is 5.01. The Morgan fingerprint density at radius 3 is 2.96 bits per heavy atom. The van der Waals surface area contributed by atoms with Crippen molar-refractivity contribution in [1.82, 2.24) is 10.2 Å². The van der Waals surface area contributed by atoms with E-state index in [0.29, 0.717) is 6.04 Å². The molecule has 1 aromatic heterocycles. The smallest absolute Gasteiger partial charge is 0.224 e. The molecule has 2 aliphatic heterocycles. The lowest BCUT2D eigenvalue weighted by molar-refractivity contribution is -0.127. The molecule has 3 rings (SSSR count). The van der Waals surface area contributed by atoms with Crippen LogP contribution >= 0.6 is 0 Å². The molecule has 3 heterocycles. The number of ether oxygens (including phenoxy) is 1. The monoisotopic (exact) mass is 320 g/mol. The first kappa shape index (κ1) is 16.5. The summed E-state index contributed by atoms with van der Waals surface area (Å²) in [7, 11) is 0. The van der Waals surface area contributed by atoms with Gasteiger partial charge in [-0.2, -0.15) is 0 Å². The van der Waals surface area contributed by atoms with Crippen molar-refractivity contribution in [1.29, 1.82) is 0 Å². The Kier molecular flexibility index (Phi) is 6.11. The minimum Gasteiger partial charge on any atom is -0.469 e. The van der Waals surface area contributed by atoms with Gasteiger partial charge < -0.3 is 14.5 Å². The van der Waals surface area contributed by atoms with Crippen molar-refractivity contribution in [2.75, 3.05) is 32.8 Å². The Morgan fingerprint density at radius 1 is 1.30 bits per heavy atom. The highest BCUT2D eigenvalue weighted by atomic mass is 16.5. The second-order valence-electron chi connectivity index (χ2n) is 6.65. The molecule has 1 atom stereocenters. The van der Waals surface area contributed by atoms with E-state index in [1.807, 2.05) is 12.1 Å². The Bertz CT molecular complexity index is 469. The molecule has 2 aliphatic rings. The number of carbonyl (C=O) groups excluding carboxylic acids is 1. The summed E-state index contributed by atoms with van der Waals surface area (Å²) in [6, 6.07) is 4.49. The molecule has 5 heteroatoms. The molecule has 5 nitrogen and oxygen atoms in total. The molecular formula is C18H28N2O3.